The maximum absolute atomic E-state index is 12.3. The maximum atomic E-state index is 12.3. The van der Waals surface area contributed by atoms with Crippen LogP contribution < -0.4 is 5.32 Å². The molecular weight excluding hydrogens is 452 g/mol. The number of benzene rings is 2. The number of para-hydroxylation sites is 1. The Morgan fingerprint density at radius 1 is 1.09 bits per heavy atom. The lowest BCUT2D eigenvalue weighted by Gasteiger charge is -2.11. The van der Waals surface area contributed by atoms with Gasteiger partial charge in [-0.05, 0) is 19.1 Å². The van der Waals surface area contributed by atoms with Crippen LogP contribution in [0.1, 0.15) is 6.92 Å². The summed E-state index contributed by atoms with van der Waals surface area (Å²) in [5.74, 6) is 0.864. The normalized spacial score (nSPS) is 11.1. The Hall–Kier alpha value is -3.56. The zero-order chi connectivity index (χ0) is 22.6. The van der Waals surface area contributed by atoms with Gasteiger partial charge in [-0.15, -0.1) is 21.5 Å². The third-order valence-electron chi connectivity index (χ3n) is 5.07. The second-order valence-corrected chi connectivity index (χ2v) is 9.00. The molecule has 1 N–H and O–H groups in total. The Balaban J connectivity index is 1.49. The van der Waals surface area contributed by atoms with Crippen molar-refractivity contribution >= 4 is 45.0 Å². The number of nitrogens with zero attached hydrogens (tertiary/aromatic N) is 5. The van der Waals surface area contributed by atoms with Crippen LogP contribution in [0.2, 0.25) is 0 Å². The predicted molar refractivity (Wildman–Crippen MR) is 133 cm³/mol. The number of anilines is 1. The molecule has 9 heteroatoms. The summed E-state index contributed by atoms with van der Waals surface area (Å²) < 4.78 is 2.04. The van der Waals surface area contributed by atoms with E-state index in [1.807, 2.05) is 65.4 Å². The van der Waals surface area contributed by atoms with Crippen molar-refractivity contribution in [3.05, 3.63) is 72.2 Å². The molecule has 3 aromatic heterocycles. The summed E-state index contributed by atoms with van der Waals surface area (Å²) >= 11 is 2.75. The van der Waals surface area contributed by atoms with Crippen molar-refractivity contribution in [2.75, 3.05) is 11.1 Å². The zero-order valence-corrected chi connectivity index (χ0v) is 19.4. The minimum Gasteiger partial charge on any atom is -0.302 e. The van der Waals surface area contributed by atoms with Crippen molar-refractivity contribution in [1.82, 2.24) is 24.7 Å². The molecule has 0 radical (unpaired) electrons. The van der Waals surface area contributed by atoms with Crippen LogP contribution in [0.25, 0.3) is 33.5 Å². The van der Waals surface area contributed by atoms with Gasteiger partial charge in [0.15, 0.2) is 16.1 Å². The van der Waals surface area contributed by atoms with Crippen molar-refractivity contribution in [3.63, 3.8) is 0 Å². The first-order chi connectivity index (χ1) is 16.2. The average molecular weight is 473 g/mol. The number of thioether (sulfide) groups is 1. The first kappa shape index (κ1) is 21.3. The standard InChI is InChI=1S/C24H20N6OS2/c1-2-30-22(28-29-24(30)33-15-21(31)27-23-25-12-13-32-23)18-14-20(16-8-4-3-5-9-16)26-19-11-7-6-10-17(18)19/h3-14H,2,15H2,1H3,(H,25,27,31). The summed E-state index contributed by atoms with van der Waals surface area (Å²) in [7, 11) is 0. The molecule has 5 rings (SSSR count). The van der Waals surface area contributed by atoms with Crippen molar-refractivity contribution in [2.45, 2.75) is 18.6 Å². The zero-order valence-electron chi connectivity index (χ0n) is 17.8. The van der Waals surface area contributed by atoms with Gasteiger partial charge in [-0.1, -0.05) is 60.3 Å². The van der Waals surface area contributed by atoms with Gasteiger partial charge in [0.05, 0.1) is 17.0 Å². The highest BCUT2D eigenvalue weighted by atomic mass is 32.2. The van der Waals surface area contributed by atoms with Crippen molar-refractivity contribution < 1.29 is 4.79 Å². The van der Waals surface area contributed by atoms with E-state index >= 15 is 0 Å². The number of hydrogen-bond donors (Lipinski definition) is 1. The van der Waals surface area contributed by atoms with Crippen molar-refractivity contribution in [1.29, 1.82) is 0 Å². The number of carbonyl (C=O) groups is 1. The third kappa shape index (κ3) is 4.50. The van der Waals surface area contributed by atoms with E-state index in [0.717, 1.165) is 33.5 Å². The maximum Gasteiger partial charge on any atom is 0.236 e. The predicted octanol–water partition coefficient (Wildman–Crippen LogP) is 5.37. The van der Waals surface area contributed by atoms with E-state index in [0.29, 0.717) is 16.8 Å². The third-order valence-corrected chi connectivity index (χ3v) is 6.73. The number of thiazole rings is 1. The molecule has 0 bridgehead atoms. The molecule has 0 aliphatic heterocycles. The number of carbonyl (C=O) groups excluding carboxylic acids is 1. The van der Waals surface area contributed by atoms with E-state index in [2.05, 4.69) is 32.6 Å². The fourth-order valence-corrected chi connectivity index (χ4v) is 4.92. The summed E-state index contributed by atoms with van der Waals surface area (Å²) in [6, 6.07) is 20.2. The lowest BCUT2D eigenvalue weighted by atomic mass is 10.0. The van der Waals surface area contributed by atoms with Gasteiger partial charge >= 0.3 is 0 Å². The summed E-state index contributed by atoms with van der Waals surface area (Å²) in [4.78, 5) is 21.3. The van der Waals surface area contributed by atoms with Crippen molar-refractivity contribution in [3.8, 4) is 22.6 Å². The molecule has 5 aromatic rings. The molecule has 0 saturated carbocycles. The SMILES string of the molecule is CCn1c(SCC(=O)Nc2nccs2)nnc1-c1cc(-c2ccccc2)nc2ccccc12. The van der Waals surface area contributed by atoms with Gasteiger partial charge in [-0.3, -0.25) is 4.79 Å². The van der Waals surface area contributed by atoms with Gasteiger partial charge in [-0.25, -0.2) is 9.97 Å². The number of rotatable bonds is 7. The van der Waals surface area contributed by atoms with Crippen LogP contribution >= 0.6 is 23.1 Å². The lowest BCUT2D eigenvalue weighted by Crippen LogP contribution is -2.14. The molecule has 3 heterocycles. The van der Waals surface area contributed by atoms with Gasteiger partial charge in [0.2, 0.25) is 5.91 Å². The first-order valence-corrected chi connectivity index (χ1v) is 12.3. The summed E-state index contributed by atoms with van der Waals surface area (Å²) in [5.41, 5.74) is 3.79. The lowest BCUT2D eigenvalue weighted by molar-refractivity contribution is -0.113. The second-order valence-electron chi connectivity index (χ2n) is 7.16. The molecule has 0 saturated heterocycles. The van der Waals surface area contributed by atoms with Crippen LogP contribution in [0.4, 0.5) is 5.13 Å². The molecular formula is C24H20N6OS2. The fraction of sp³-hybridized carbons (Fsp3) is 0.125. The molecule has 0 aliphatic rings. The molecule has 1 amide bonds. The highest BCUT2D eigenvalue weighted by Crippen LogP contribution is 2.33. The number of nitrogens with one attached hydrogen (secondary N) is 1. The molecule has 0 unspecified atom stereocenters. The topological polar surface area (TPSA) is 85.6 Å². The Morgan fingerprint density at radius 3 is 2.70 bits per heavy atom. The van der Waals surface area contributed by atoms with Gasteiger partial charge in [0.1, 0.15) is 0 Å². The van der Waals surface area contributed by atoms with Crippen LogP contribution in [0.5, 0.6) is 0 Å². The minimum atomic E-state index is -0.122. The molecule has 164 valence electrons. The van der Waals surface area contributed by atoms with E-state index in [4.69, 9.17) is 4.98 Å². The Morgan fingerprint density at radius 2 is 1.91 bits per heavy atom. The van der Waals surface area contributed by atoms with E-state index in [9.17, 15) is 4.79 Å². The van der Waals surface area contributed by atoms with Crippen LogP contribution in [0.3, 0.4) is 0 Å². The molecule has 33 heavy (non-hydrogen) atoms. The first-order valence-electron chi connectivity index (χ1n) is 10.4. The Bertz CT molecular complexity index is 1400. The number of fused-ring (bicyclic) bond motifs is 1. The van der Waals surface area contributed by atoms with Gasteiger partial charge < -0.3 is 9.88 Å². The minimum absolute atomic E-state index is 0.122. The van der Waals surface area contributed by atoms with E-state index in [-0.39, 0.29) is 11.7 Å². The van der Waals surface area contributed by atoms with Crippen LogP contribution in [-0.2, 0) is 11.3 Å². The molecule has 0 atom stereocenters. The summed E-state index contributed by atoms with van der Waals surface area (Å²) in [6.45, 7) is 2.73. The molecule has 0 fully saturated rings. The van der Waals surface area contributed by atoms with E-state index < -0.39 is 0 Å². The quantitative estimate of drug-likeness (QED) is 0.321. The highest BCUT2D eigenvalue weighted by Gasteiger charge is 2.18. The Kier molecular flexibility index (Phi) is 6.14. The number of hydrogen-bond acceptors (Lipinski definition) is 7. The van der Waals surface area contributed by atoms with Gasteiger partial charge in [0, 0.05) is 34.6 Å². The summed E-state index contributed by atoms with van der Waals surface area (Å²) in [6.07, 6.45) is 1.66. The van der Waals surface area contributed by atoms with E-state index in [1.54, 1.807) is 6.20 Å². The average Bonchev–Trinajstić information content (AvgIpc) is 3.52. The molecule has 0 spiro atoms. The van der Waals surface area contributed by atoms with Gasteiger partial charge in [-0.2, -0.15) is 0 Å². The number of pyridine rings is 1. The largest absolute Gasteiger partial charge is 0.302 e. The van der Waals surface area contributed by atoms with Crippen LogP contribution in [-0.4, -0.2) is 36.4 Å². The smallest absolute Gasteiger partial charge is 0.236 e. The summed E-state index contributed by atoms with van der Waals surface area (Å²) in [5, 5.41) is 15.8. The van der Waals surface area contributed by atoms with Crippen LogP contribution in [0.15, 0.2) is 77.4 Å². The number of amides is 1. The van der Waals surface area contributed by atoms with Crippen molar-refractivity contribution in [2.24, 2.45) is 0 Å². The van der Waals surface area contributed by atoms with Crippen LogP contribution in [0, 0.1) is 0 Å². The highest BCUT2D eigenvalue weighted by molar-refractivity contribution is 7.99. The molecule has 0 aliphatic carbocycles. The number of aromatic nitrogens is 5. The Labute approximate surface area is 198 Å². The molecule has 7 nitrogen and oxygen atoms in total. The van der Waals surface area contributed by atoms with E-state index in [1.165, 1.54) is 23.1 Å². The second kappa shape index (κ2) is 9.51. The van der Waals surface area contributed by atoms with Gasteiger partial charge in [0.25, 0.3) is 0 Å². The monoisotopic (exact) mass is 472 g/mol. The molecule has 2 aromatic carbocycles. The fourth-order valence-electron chi connectivity index (χ4n) is 3.57.